The van der Waals surface area contributed by atoms with Gasteiger partial charge in [-0.05, 0) is 50.1 Å². The average molecular weight is 302 g/mol. The molecule has 1 amide bonds. The molecule has 0 fully saturated rings. The molecule has 1 unspecified atom stereocenters. The van der Waals surface area contributed by atoms with Crippen molar-refractivity contribution in [1.82, 2.24) is 5.32 Å². The van der Waals surface area contributed by atoms with E-state index < -0.39 is 4.32 Å². The third-order valence-electron chi connectivity index (χ3n) is 2.90. The molecule has 1 aliphatic rings. The van der Waals surface area contributed by atoms with Crippen LogP contribution in [0.25, 0.3) is 0 Å². The van der Waals surface area contributed by atoms with Gasteiger partial charge in [0, 0.05) is 4.88 Å². The van der Waals surface area contributed by atoms with Crippen LogP contribution in [0, 0.1) is 0 Å². The van der Waals surface area contributed by atoms with Crippen LogP contribution in [0.3, 0.4) is 0 Å². The quantitative estimate of drug-likeness (QED) is 0.833. The van der Waals surface area contributed by atoms with Crippen molar-refractivity contribution in [3.05, 3.63) is 21.9 Å². The summed E-state index contributed by atoms with van der Waals surface area (Å²) >= 11 is 5.19. The number of nitrogens with one attached hydrogen (secondary N) is 1. The fourth-order valence-corrected chi connectivity index (χ4v) is 3.07. The molecule has 0 spiro atoms. The molecule has 0 saturated heterocycles. The van der Waals surface area contributed by atoms with Gasteiger partial charge < -0.3 is 5.32 Å². The topological polar surface area (TPSA) is 29.1 Å². The molecule has 1 heterocycles. The Morgan fingerprint density at radius 2 is 2.38 bits per heavy atom. The Morgan fingerprint density at radius 3 is 3.06 bits per heavy atom. The van der Waals surface area contributed by atoms with E-state index in [1.807, 2.05) is 13.8 Å². The van der Waals surface area contributed by atoms with Crippen LogP contribution in [0.2, 0.25) is 0 Å². The van der Waals surface area contributed by atoms with Crippen molar-refractivity contribution in [3.63, 3.8) is 0 Å². The second-order valence-corrected chi connectivity index (χ2v) is 7.67. The highest BCUT2D eigenvalue weighted by atomic mass is 79.9. The van der Waals surface area contributed by atoms with Crippen molar-refractivity contribution >= 4 is 33.2 Å². The van der Waals surface area contributed by atoms with Crippen LogP contribution >= 0.6 is 27.3 Å². The third-order valence-corrected chi connectivity index (χ3v) is 4.25. The van der Waals surface area contributed by atoms with Crippen molar-refractivity contribution in [2.24, 2.45) is 0 Å². The van der Waals surface area contributed by atoms with E-state index >= 15 is 0 Å². The molecule has 16 heavy (non-hydrogen) atoms. The Bertz CT molecular complexity index is 394. The Balaban J connectivity index is 2.11. The highest BCUT2D eigenvalue weighted by Gasteiger charge is 2.28. The molecule has 0 aliphatic heterocycles. The summed E-state index contributed by atoms with van der Waals surface area (Å²) < 4.78 is -0.485. The van der Waals surface area contributed by atoms with Crippen LogP contribution in [0.1, 0.15) is 43.2 Å². The number of amides is 1. The second kappa shape index (κ2) is 4.49. The van der Waals surface area contributed by atoms with Gasteiger partial charge in [-0.1, -0.05) is 15.9 Å². The lowest BCUT2D eigenvalue weighted by molar-refractivity contribution is -0.123. The zero-order valence-electron chi connectivity index (χ0n) is 9.55. The van der Waals surface area contributed by atoms with Crippen molar-refractivity contribution in [2.45, 2.75) is 43.5 Å². The summed E-state index contributed by atoms with van der Waals surface area (Å²) in [5.74, 6) is 0.0663. The Kier molecular flexibility index (Phi) is 3.40. The van der Waals surface area contributed by atoms with Gasteiger partial charge in [0.05, 0.1) is 10.4 Å². The second-order valence-electron chi connectivity index (χ2n) is 4.69. The average Bonchev–Trinajstić information content (AvgIpc) is 2.65. The maximum Gasteiger partial charge on any atom is 0.236 e. The summed E-state index contributed by atoms with van der Waals surface area (Å²) in [4.78, 5) is 13.3. The van der Waals surface area contributed by atoms with Crippen molar-refractivity contribution in [2.75, 3.05) is 0 Å². The first-order chi connectivity index (χ1) is 7.48. The lowest BCUT2D eigenvalue weighted by Gasteiger charge is -2.26. The fraction of sp³-hybridized carbons (Fsp3) is 0.583. The molecule has 4 heteroatoms. The van der Waals surface area contributed by atoms with E-state index in [0.717, 1.165) is 12.8 Å². The summed E-state index contributed by atoms with van der Waals surface area (Å²) in [6.07, 6.45) is 3.39. The number of alkyl halides is 1. The molecule has 1 aliphatic carbocycles. The van der Waals surface area contributed by atoms with E-state index in [1.165, 1.54) is 16.9 Å². The number of halogens is 1. The number of carbonyl (C=O) groups is 1. The van der Waals surface area contributed by atoms with Gasteiger partial charge in [0.1, 0.15) is 0 Å². The van der Waals surface area contributed by atoms with Crippen LogP contribution in [0.5, 0.6) is 0 Å². The monoisotopic (exact) mass is 301 g/mol. The molecule has 1 atom stereocenters. The standard InChI is InChI=1S/C12H16BrNOS/c1-12(2,13)11(15)14-9-4-3-5-10-8(9)6-7-16-10/h6-7,9H,3-5H2,1-2H3,(H,14,15). The van der Waals surface area contributed by atoms with E-state index in [-0.39, 0.29) is 11.9 Å². The number of hydrogen-bond donors (Lipinski definition) is 1. The first-order valence-electron chi connectivity index (χ1n) is 5.54. The lowest BCUT2D eigenvalue weighted by atomic mass is 9.93. The summed E-state index contributed by atoms with van der Waals surface area (Å²) in [5, 5.41) is 5.24. The molecule has 1 aromatic heterocycles. The molecule has 0 aromatic carbocycles. The van der Waals surface area contributed by atoms with Gasteiger partial charge in [0.15, 0.2) is 0 Å². The first kappa shape index (κ1) is 12.1. The van der Waals surface area contributed by atoms with Crippen LogP contribution in [0.4, 0.5) is 0 Å². The van der Waals surface area contributed by atoms with Crippen molar-refractivity contribution < 1.29 is 4.79 Å². The van der Waals surface area contributed by atoms with Gasteiger partial charge >= 0.3 is 0 Å². The Morgan fingerprint density at radius 1 is 1.62 bits per heavy atom. The molecular weight excluding hydrogens is 286 g/mol. The molecule has 2 nitrogen and oxygen atoms in total. The van der Waals surface area contributed by atoms with Gasteiger partial charge in [-0.25, -0.2) is 0 Å². The van der Waals surface area contributed by atoms with Crippen molar-refractivity contribution in [1.29, 1.82) is 0 Å². The smallest absolute Gasteiger partial charge is 0.236 e. The molecule has 0 bridgehead atoms. The molecular formula is C12H16BrNOS. The predicted octanol–water partition coefficient (Wildman–Crippen LogP) is 3.42. The predicted molar refractivity (Wildman–Crippen MR) is 71.1 cm³/mol. The molecule has 1 N–H and O–H groups in total. The summed E-state index contributed by atoms with van der Waals surface area (Å²) in [6, 6.07) is 2.35. The summed E-state index contributed by atoms with van der Waals surface area (Å²) in [6.45, 7) is 3.75. The molecule has 2 rings (SSSR count). The fourth-order valence-electron chi connectivity index (χ4n) is 1.97. The van der Waals surface area contributed by atoms with E-state index in [4.69, 9.17) is 0 Å². The van der Waals surface area contributed by atoms with E-state index in [9.17, 15) is 4.79 Å². The number of thiophene rings is 1. The summed E-state index contributed by atoms with van der Waals surface area (Å²) in [7, 11) is 0. The van der Waals surface area contributed by atoms with E-state index in [0.29, 0.717) is 0 Å². The zero-order chi connectivity index (χ0) is 11.8. The normalized spacial score (nSPS) is 20.3. The molecule has 0 saturated carbocycles. The van der Waals surface area contributed by atoms with Gasteiger partial charge in [-0.15, -0.1) is 11.3 Å². The number of carbonyl (C=O) groups excluding carboxylic acids is 1. The van der Waals surface area contributed by atoms with Crippen molar-refractivity contribution in [3.8, 4) is 0 Å². The minimum atomic E-state index is -0.485. The maximum atomic E-state index is 11.9. The molecule has 0 radical (unpaired) electrons. The minimum Gasteiger partial charge on any atom is -0.348 e. The zero-order valence-corrected chi connectivity index (χ0v) is 12.0. The van der Waals surface area contributed by atoms with Gasteiger partial charge in [0.25, 0.3) is 0 Å². The summed E-state index contributed by atoms with van der Waals surface area (Å²) in [5.41, 5.74) is 1.32. The molecule has 1 aromatic rings. The van der Waals surface area contributed by atoms with Crippen LogP contribution in [-0.4, -0.2) is 10.2 Å². The van der Waals surface area contributed by atoms with E-state index in [1.54, 1.807) is 11.3 Å². The number of fused-ring (bicyclic) bond motifs is 1. The van der Waals surface area contributed by atoms with Crippen LogP contribution in [-0.2, 0) is 11.2 Å². The third kappa shape index (κ3) is 2.48. The minimum absolute atomic E-state index is 0.0663. The lowest BCUT2D eigenvalue weighted by Crippen LogP contribution is -2.40. The largest absolute Gasteiger partial charge is 0.348 e. The van der Waals surface area contributed by atoms with E-state index in [2.05, 4.69) is 32.7 Å². The van der Waals surface area contributed by atoms with Gasteiger partial charge in [0.2, 0.25) is 5.91 Å². The number of rotatable bonds is 2. The number of hydrogen-bond acceptors (Lipinski definition) is 2. The first-order valence-corrected chi connectivity index (χ1v) is 7.22. The Hall–Kier alpha value is -0.350. The number of aryl methyl sites for hydroxylation is 1. The SMILES string of the molecule is CC(C)(Br)C(=O)NC1CCCc2sccc21. The highest BCUT2D eigenvalue weighted by molar-refractivity contribution is 9.10. The Labute approximate surface area is 109 Å². The molecule has 88 valence electrons. The van der Waals surface area contributed by atoms with Gasteiger partial charge in [-0.2, -0.15) is 0 Å². The van der Waals surface area contributed by atoms with Crippen LogP contribution in [0.15, 0.2) is 11.4 Å². The maximum absolute atomic E-state index is 11.9. The highest BCUT2D eigenvalue weighted by Crippen LogP contribution is 2.33. The van der Waals surface area contributed by atoms with Gasteiger partial charge in [-0.3, -0.25) is 4.79 Å². The van der Waals surface area contributed by atoms with Crippen LogP contribution < -0.4 is 5.32 Å².